The van der Waals surface area contributed by atoms with Crippen LogP contribution < -0.4 is 5.32 Å². The molecule has 0 spiro atoms. The van der Waals surface area contributed by atoms with Crippen LogP contribution in [0.2, 0.25) is 0 Å². The maximum atomic E-state index is 12.2. The molecule has 1 heterocycles. The number of aromatic nitrogens is 2. The Labute approximate surface area is 149 Å². The molecule has 0 aliphatic heterocycles. The van der Waals surface area contributed by atoms with Crippen LogP contribution in [0.3, 0.4) is 0 Å². The molecule has 5 heteroatoms. The number of nitrogens with zero attached hydrogens (tertiary/aromatic N) is 2. The molecule has 1 saturated carbocycles. The molecule has 1 aromatic carbocycles. The van der Waals surface area contributed by atoms with E-state index in [1.807, 2.05) is 31.2 Å². The van der Waals surface area contributed by atoms with E-state index in [4.69, 9.17) is 4.52 Å². The molecular weight excluding hydrogens is 314 g/mol. The van der Waals surface area contributed by atoms with Gasteiger partial charge in [0.15, 0.2) is 0 Å². The van der Waals surface area contributed by atoms with Crippen LogP contribution in [0.4, 0.5) is 0 Å². The largest absolute Gasteiger partial charge is 0.353 e. The number of carbonyl (C=O) groups excluding carboxylic acids is 1. The molecule has 1 aliphatic rings. The summed E-state index contributed by atoms with van der Waals surface area (Å²) in [5, 5.41) is 7.22. The molecule has 0 radical (unpaired) electrons. The summed E-state index contributed by atoms with van der Waals surface area (Å²) < 4.78 is 5.31. The molecule has 3 rings (SSSR count). The number of nitrogens with one attached hydrogen (secondary N) is 1. The summed E-state index contributed by atoms with van der Waals surface area (Å²) in [7, 11) is 0. The van der Waals surface area contributed by atoms with Gasteiger partial charge >= 0.3 is 0 Å². The van der Waals surface area contributed by atoms with E-state index in [1.54, 1.807) is 0 Å². The minimum atomic E-state index is 0.0845. The molecule has 1 aromatic heterocycles. The lowest BCUT2D eigenvalue weighted by atomic mass is 9.96. The summed E-state index contributed by atoms with van der Waals surface area (Å²) in [5.74, 6) is 1.20. The van der Waals surface area contributed by atoms with Crippen molar-refractivity contribution in [3.8, 4) is 11.4 Å². The number of rotatable bonds is 5. The van der Waals surface area contributed by atoms with Crippen molar-refractivity contribution in [2.45, 2.75) is 70.8 Å². The van der Waals surface area contributed by atoms with E-state index < -0.39 is 0 Å². The van der Waals surface area contributed by atoms with Gasteiger partial charge in [-0.3, -0.25) is 4.79 Å². The zero-order valence-electron chi connectivity index (χ0n) is 15.0. The maximum Gasteiger partial charge on any atom is 0.227 e. The van der Waals surface area contributed by atoms with Crippen molar-refractivity contribution in [2.24, 2.45) is 0 Å². The second kappa shape index (κ2) is 8.79. The van der Waals surface area contributed by atoms with Crippen molar-refractivity contribution in [3.63, 3.8) is 0 Å². The van der Waals surface area contributed by atoms with Gasteiger partial charge in [0.1, 0.15) is 0 Å². The lowest BCUT2D eigenvalue weighted by molar-refractivity contribution is -0.122. The van der Waals surface area contributed by atoms with Gasteiger partial charge in [-0.15, -0.1) is 0 Å². The van der Waals surface area contributed by atoms with Crippen LogP contribution in [0.25, 0.3) is 11.4 Å². The van der Waals surface area contributed by atoms with Gasteiger partial charge < -0.3 is 9.84 Å². The number of amides is 1. The Morgan fingerprint density at radius 2 is 1.88 bits per heavy atom. The molecular formula is C20H27N3O2. The van der Waals surface area contributed by atoms with Gasteiger partial charge in [0.2, 0.25) is 17.6 Å². The van der Waals surface area contributed by atoms with Crippen LogP contribution >= 0.6 is 0 Å². The Morgan fingerprint density at radius 1 is 1.16 bits per heavy atom. The third-order valence-electron chi connectivity index (χ3n) is 4.89. The third kappa shape index (κ3) is 5.15. The molecule has 1 fully saturated rings. The number of hydrogen-bond donors (Lipinski definition) is 1. The fourth-order valence-electron chi connectivity index (χ4n) is 3.41. The minimum Gasteiger partial charge on any atom is -0.353 e. The summed E-state index contributed by atoms with van der Waals surface area (Å²) in [4.78, 5) is 16.6. The zero-order chi connectivity index (χ0) is 17.5. The number of carbonyl (C=O) groups is 1. The Kier molecular flexibility index (Phi) is 6.20. The van der Waals surface area contributed by atoms with Gasteiger partial charge in [-0.2, -0.15) is 4.98 Å². The highest BCUT2D eigenvalue weighted by atomic mass is 16.5. The average molecular weight is 341 g/mol. The second-order valence-electron chi connectivity index (χ2n) is 6.94. The van der Waals surface area contributed by atoms with Crippen molar-refractivity contribution in [1.29, 1.82) is 0 Å². The first kappa shape index (κ1) is 17.6. The van der Waals surface area contributed by atoms with Gasteiger partial charge in [-0.25, -0.2) is 0 Å². The molecule has 0 bridgehead atoms. The van der Waals surface area contributed by atoms with Crippen LogP contribution in [-0.2, 0) is 11.2 Å². The molecule has 25 heavy (non-hydrogen) atoms. The van der Waals surface area contributed by atoms with Crippen LogP contribution in [0.5, 0.6) is 0 Å². The quantitative estimate of drug-likeness (QED) is 0.884. The zero-order valence-corrected chi connectivity index (χ0v) is 15.0. The number of benzene rings is 1. The Morgan fingerprint density at radius 3 is 2.64 bits per heavy atom. The summed E-state index contributed by atoms with van der Waals surface area (Å²) in [6.07, 6.45) is 9.42. The number of aryl methyl sites for hydroxylation is 2. The normalized spacial score (nSPS) is 16.2. The first-order valence-electron chi connectivity index (χ1n) is 9.40. The van der Waals surface area contributed by atoms with E-state index in [2.05, 4.69) is 15.5 Å². The molecule has 0 unspecified atom stereocenters. The highest BCUT2D eigenvalue weighted by Crippen LogP contribution is 2.20. The van der Waals surface area contributed by atoms with E-state index in [0.717, 1.165) is 24.0 Å². The van der Waals surface area contributed by atoms with Crippen LogP contribution in [0.15, 0.2) is 28.8 Å². The number of hydrogen-bond acceptors (Lipinski definition) is 4. The van der Waals surface area contributed by atoms with E-state index >= 15 is 0 Å². The highest BCUT2D eigenvalue weighted by Gasteiger charge is 2.16. The monoisotopic (exact) mass is 341 g/mol. The fraction of sp³-hybridized carbons (Fsp3) is 0.550. The standard InChI is InChI=1S/C20H27N3O2/c1-15-9-7-8-12-17(15)20-22-19(25-23-20)14-13-18(24)21-16-10-5-3-2-4-6-11-16/h7-9,12,16H,2-6,10-11,13-14H2,1H3,(H,21,24). The van der Waals surface area contributed by atoms with Crippen molar-refractivity contribution >= 4 is 5.91 Å². The van der Waals surface area contributed by atoms with Crippen molar-refractivity contribution in [3.05, 3.63) is 35.7 Å². The predicted molar refractivity (Wildman–Crippen MR) is 97.0 cm³/mol. The topological polar surface area (TPSA) is 68.0 Å². The van der Waals surface area contributed by atoms with E-state index in [0.29, 0.717) is 30.6 Å². The Hall–Kier alpha value is -2.17. The fourth-order valence-corrected chi connectivity index (χ4v) is 3.41. The third-order valence-corrected chi connectivity index (χ3v) is 4.89. The van der Waals surface area contributed by atoms with Crippen LogP contribution in [0, 0.1) is 6.92 Å². The molecule has 1 N–H and O–H groups in total. The molecule has 134 valence electrons. The van der Waals surface area contributed by atoms with Gasteiger partial charge in [0.25, 0.3) is 0 Å². The van der Waals surface area contributed by atoms with Gasteiger partial charge in [-0.05, 0) is 25.3 Å². The predicted octanol–water partition coefficient (Wildman–Crippen LogP) is 4.21. The van der Waals surface area contributed by atoms with E-state index in [1.165, 1.54) is 32.1 Å². The average Bonchev–Trinajstić information content (AvgIpc) is 3.04. The second-order valence-corrected chi connectivity index (χ2v) is 6.94. The first-order chi connectivity index (χ1) is 12.2. The molecule has 2 aromatic rings. The summed E-state index contributed by atoms with van der Waals surface area (Å²) in [5.41, 5.74) is 2.08. The van der Waals surface area contributed by atoms with E-state index in [9.17, 15) is 4.79 Å². The molecule has 1 aliphatic carbocycles. The minimum absolute atomic E-state index is 0.0845. The Bertz CT molecular complexity index is 688. The van der Waals surface area contributed by atoms with Crippen molar-refractivity contribution < 1.29 is 9.32 Å². The smallest absolute Gasteiger partial charge is 0.227 e. The van der Waals surface area contributed by atoms with Crippen LogP contribution in [0.1, 0.15) is 62.8 Å². The van der Waals surface area contributed by atoms with Crippen LogP contribution in [-0.4, -0.2) is 22.1 Å². The van der Waals surface area contributed by atoms with Gasteiger partial charge in [-0.1, -0.05) is 61.5 Å². The highest BCUT2D eigenvalue weighted by molar-refractivity contribution is 5.76. The van der Waals surface area contributed by atoms with Crippen molar-refractivity contribution in [2.75, 3.05) is 0 Å². The van der Waals surface area contributed by atoms with Gasteiger partial charge in [0, 0.05) is 24.4 Å². The summed E-state index contributed by atoms with van der Waals surface area (Å²) in [6.45, 7) is 2.02. The summed E-state index contributed by atoms with van der Waals surface area (Å²) >= 11 is 0. The molecule has 1 amide bonds. The SMILES string of the molecule is Cc1ccccc1-c1noc(CCC(=O)NC2CCCCCCC2)n1. The Balaban J connectivity index is 1.50. The van der Waals surface area contributed by atoms with Gasteiger partial charge in [0.05, 0.1) is 0 Å². The lowest BCUT2D eigenvalue weighted by Crippen LogP contribution is -2.35. The maximum absolute atomic E-state index is 12.2. The van der Waals surface area contributed by atoms with Crippen molar-refractivity contribution in [1.82, 2.24) is 15.5 Å². The molecule has 0 atom stereocenters. The first-order valence-corrected chi connectivity index (χ1v) is 9.40. The summed E-state index contributed by atoms with van der Waals surface area (Å²) in [6, 6.07) is 8.28. The lowest BCUT2D eigenvalue weighted by Gasteiger charge is -2.20. The molecule has 5 nitrogen and oxygen atoms in total. The van der Waals surface area contributed by atoms with E-state index in [-0.39, 0.29) is 5.91 Å². The molecule has 0 saturated heterocycles.